The van der Waals surface area contributed by atoms with Gasteiger partial charge in [0, 0.05) is 12.3 Å². The number of cyclic esters (lactones) is 1. The number of hydrogen-bond donors (Lipinski definition) is 1. The molecule has 0 aromatic carbocycles. The molecule has 0 spiro atoms. The minimum absolute atomic E-state index is 0.0563. The lowest BCUT2D eigenvalue weighted by molar-refractivity contribution is -0.137. The van der Waals surface area contributed by atoms with Crippen LogP contribution in [0.2, 0.25) is 0 Å². The first-order chi connectivity index (χ1) is 7.99. The Kier molecular flexibility index (Phi) is 2.76. The fourth-order valence-electron chi connectivity index (χ4n) is 1.40. The summed E-state index contributed by atoms with van der Waals surface area (Å²) in [5, 5.41) is 2.79. The zero-order valence-electron chi connectivity index (χ0n) is 8.85. The van der Waals surface area contributed by atoms with Crippen LogP contribution in [0.4, 0.5) is 0 Å². The number of ketones is 1. The van der Waals surface area contributed by atoms with Crippen LogP contribution in [-0.2, 0) is 19.1 Å². The molecular weight excluding hydrogens is 244 g/mol. The summed E-state index contributed by atoms with van der Waals surface area (Å²) in [7, 11) is 0. The highest BCUT2D eigenvalue weighted by Crippen LogP contribution is 2.15. The Morgan fingerprint density at radius 1 is 1.47 bits per heavy atom. The zero-order chi connectivity index (χ0) is 12.6. The van der Waals surface area contributed by atoms with Crippen LogP contribution in [0.1, 0.15) is 6.92 Å². The monoisotopic (exact) mass is 252 g/mol. The molecule has 2 aliphatic heterocycles. The average molecular weight is 252 g/mol. The molecule has 0 atom stereocenters. The predicted molar refractivity (Wildman–Crippen MR) is 60.4 cm³/mol. The van der Waals surface area contributed by atoms with Gasteiger partial charge in [0.2, 0.25) is 0 Å². The third kappa shape index (κ3) is 2.09. The van der Waals surface area contributed by atoms with E-state index in [0.29, 0.717) is 0 Å². The van der Waals surface area contributed by atoms with Gasteiger partial charge in [0.25, 0.3) is 5.91 Å². The summed E-state index contributed by atoms with van der Waals surface area (Å²) in [6.07, 6.45) is 2.29. The van der Waals surface area contributed by atoms with E-state index in [2.05, 4.69) is 5.32 Å². The van der Waals surface area contributed by atoms with Crippen LogP contribution in [0.3, 0.4) is 0 Å². The van der Waals surface area contributed by atoms with Crippen LogP contribution in [0, 0.1) is 0 Å². The molecule has 7 heteroatoms. The molecule has 2 aliphatic rings. The molecule has 0 aliphatic carbocycles. The number of carbonyl (C=O) groups is 3. The zero-order valence-corrected chi connectivity index (χ0v) is 9.67. The summed E-state index contributed by atoms with van der Waals surface area (Å²) in [4.78, 5) is 35.5. The van der Waals surface area contributed by atoms with E-state index >= 15 is 0 Å². The van der Waals surface area contributed by atoms with Crippen LogP contribution in [0.25, 0.3) is 0 Å². The first-order valence-corrected chi connectivity index (χ1v) is 5.16. The van der Waals surface area contributed by atoms with Crippen molar-refractivity contribution in [1.82, 2.24) is 10.2 Å². The van der Waals surface area contributed by atoms with Crippen molar-refractivity contribution in [3.63, 3.8) is 0 Å². The van der Waals surface area contributed by atoms with E-state index in [9.17, 15) is 14.4 Å². The maximum absolute atomic E-state index is 11.6. The predicted octanol–water partition coefficient (Wildman–Crippen LogP) is -0.383. The number of rotatable bonds is 1. The maximum Gasteiger partial charge on any atom is 0.348 e. The van der Waals surface area contributed by atoms with Crippen molar-refractivity contribution in [3.8, 4) is 0 Å². The van der Waals surface area contributed by atoms with Crippen molar-refractivity contribution in [2.45, 2.75) is 6.92 Å². The number of hydrogen-bond acceptors (Lipinski definition) is 5. The number of amides is 1. The van der Waals surface area contributed by atoms with Gasteiger partial charge in [-0.25, -0.2) is 4.79 Å². The molecule has 0 aromatic rings. The Labute approximate surface area is 102 Å². The van der Waals surface area contributed by atoms with Crippen LogP contribution in [0.5, 0.6) is 0 Å². The van der Waals surface area contributed by atoms with Crippen molar-refractivity contribution in [2.75, 3.05) is 6.54 Å². The molecule has 0 radical (unpaired) electrons. The van der Waals surface area contributed by atoms with E-state index in [4.69, 9.17) is 17.0 Å². The molecule has 2 rings (SSSR count). The second-order valence-electron chi connectivity index (χ2n) is 3.47. The number of carbonyl (C=O) groups excluding carboxylic acids is 3. The molecule has 0 bridgehead atoms. The summed E-state index contributed by atoms with van der Waals surface area (Å²) >= 11 is 4.86. The number of thiocarbonyl (C=S) groups is 1. The van der Waals surface area contributed by atoms with Gasteiger partial charge in [-0.3, -0.25) is 14.5 Å². The second kappa shape index (κ2) is 4.10. The van der Waals surface area contributed by atoms with Gasteiger partial charge < -0.3 is 10.1 Å². The van der Waals surface area contributed by atoms with E-state index in [-0.39, 0.29) is 28.9 Å². The molecule has 2 heterocycles. The molecule has 1 fully saturated rings. The SMILES string of the molecule is CC1=CC(=O)C(=CN2C(=O)CNC2=S)C(=O)O1. The Hall–Kier alpha value is -2.02. The topological polar surface area (TPSA) is 75.7 Å². The molecule has 0 unspecified atom stereocenters. The molecule has 1 saturated heterocycles. The highest BCUT2D eigenvalue weighted by molar-refractivity contribution is 7.80. The highest BCUT2D eigenvalue weighted by atomic mass is 32.1. The molecule has 1 N–H and O–H groups in total. The Morgan fingerprint density at radius 2 is 2.18 bits per heavy atom. The summed E-state index contributed by atoms with van der Waals surface area (Å²) in [5.74, 6) is -1.38. The van der Waals surface area contributed by atoms with E-state index in [1.54, 1.807) is 0 Å². The van der Waals surface area contributed by atoms with Gasteiger partial charge in [0.05, 0.1) is 6.54 Å². The molecule has 0 saturated carbocycles. The summed E-state index contributed by atoms with van der Waals surface area (Å²) in [6.45, 7) is 1.56. The summed E-state index contributed by atoms with van der Waals surface area (Å²) in [6, 6.07) is 0. The van der Waals surface area contributed by atoms with Crippen LogP contribution in [-0.4, -0.2) is 34.2 Å². The van der Waals surface area contributed by atoms with Crippen LogP contribution in [0.15, 0.2) is 23.6 Å². The highest BCUT2D eigenvalue weighted by Gasteiger charge is 2.30. The third-order valence-electron chi connectivity index (χ3n) is 2.21. The van der Waals surface area contributed by atoms with Crippen LogP contribution >= 0.6 is 12.2 Å². The number of ether oxygens (including phenoxy) is 1. The number of nitrogens with zero attached hydrogens (tertiary/aromatic N) is 1. The lowest BCUT2D eigenvalue weighted by Crippen LogP contribution is -2.29. The first kappa shape index (κ1) is 11.5. The molecule has 0 aromatic heterocycles. The minimum atomic E-state index is -0.780. The van der Waals surface area contributed by atoms with Crippen molar-refractivity contribution >= 4 is 35.0 Å². The van der Waals surface area contributed by atoms with Gasteiger partial charge in [-0.1, -0.05) is 0 Å². The van der Waals surface area contributed by atoms with Crippen LogP contribution < -0.4 is 5.32 Å². The normalized spacial score (nSPS) is 22.8. The minimum Gasteiger partial charge on any atom is -0.427 e. The number of allylic oxidation sites excluding steroid dienone is 2. The maximum atomic E-state index is 11.6. The third-order valence-corrected chi connectivity index (χ3v) is 2.55. The quantitative estimate of drug-likeness (QED) is 0.297. The molecule has 17 heavy (non-hydrogen) atoms. The van der Waals surface area contributed by atoms with E-state index in [1.807, 2.05) is 0 Å². The van der Waals surface area contributed by atoms with Crippen molar-refractivity contribution in [1.29, 1.82) is 0 Å². The van der Waals surface area contributed by atoms with Gasteiger partial charge in [0.1, 0.15) is 11.3 Å². The van der Waals surface area contributed by atoms with Gasteiger partial charge >= 0.3 is 5.97 Å². The fraction of sp³-hybridized carbons (Fsp3) is 0.200. The van der Waals surface area contributed by atoms with Gasteiger partial charge in [0.15, 0.2) is 10.9 Å². The standard InChI is InChI=1S/C10H8N2O4S/c1-5-2-7(13)6(9(15)16-5)4-12-8(14)3-11-10(12)17/h2,4H,3H2,1H3,(H,11,17). The molecule has 6 nitrogen and oxygen atoms in total. The lowest BCUT2D eigenvalue weighted by atomic mass is 10.1. The van der Waals surface area contributed by atoms with Crippen molar-refractivity contribution < 1.29 is 19.1 Å². The molecular formula is C10H8N2O4S. The summed E-state index contributed by atoms with van der Waals surface area (Å²) < 4.78 is 4.78. The van der Waals surface area contributed by atoms with Crippen molar-refractivity contribution in [2.24, 2.45) is 0 Å². The number of esters is 1. The van der Waals surface area contributed by atoms with Gasteiger partial charge in [-0.05, 0) is 19.1 Å². The fourth-order valence-corrected chi connectivity index (χ4v) is 1.63. The number of nitrogens with one attached hydrogen (secondary N) is 1. The Bertz CT molecular complexity index is 490. The lowest BCUT2D eigenvalue weighted by Gasteiger charge is -2.14. The van der Waals surface area contributed by atoms with Gasteiger partial charge in [-0.2, -0.15) is 0 Å². The molecule has 1 amide bonds. The largest absolute Gasteiger partial charge is 0.427 e. The van der Waals surface area contributed by atoms with Gasteiger partial charge in [-0.15, -0.1) is 0 Å². The Morgan fingerprint density at radius 3 is 2.71 bits per heavy atom. The van der Waals surface area contributed by atoms with Crippen molar-refractivity contribution in [3.05, 3.63) is 23.6 Å². The second-order valence-corrected chi connectivity index (χ2v) is 3.86. The first-order valence-electron chi connectivity index (χ1n) is 4.75. The van der Waals surface area contributed by atoms with E-state index in [1.165, 1.54) is 13.0 Å². The van der Waals surface area contributed by atoms with E-state index < -0.39 is 11.8 Å². The Balaban J connectivity index is 2.34. The average Bonchev–Trinajstić information content (AvgIpc) is 2.53. The summed E-state index contributed by atoms with van der Waals surface area (Å²) in [5.41, 5.74) is -0.213. The smallest absolute Gasteiger partial charge is 0.348 e. The molecule has 88 valence electrons. The van der Waals surface area contributed by atoms with E-state index in [0.717, 1.165) is 11.1 Å².